The Kier molecular flexibility index (Phi) is 6.50. The molecule has 0 aliphatic carbocycles. The number of aliphatic hydroxyl groups is 1. The third-order valence-corrected chi connectivity index (χ3v) is 2.90. The van der Waals surface area contributed by atoms with Gasteiger partial charge in [0.15, 0.2) is 0 Å². The van der Waals surface area contributed by atoms with Crippen LogP contribution in [0.1, 0.15) is 51.2 Å². The van der Waals surface area contributed by atoms with E-state index in [1.165, 1.54) is 0 Å². The van der Waals surface area contributed by atoms with Gasteiger partial charge in [0.25, 0.3) is 0 Å². The van der Waals surface area contributed by atoms with Crippen LogP contribution < -0.4 is 5.32 Å². The summed E-state index contributed by atoms with van der Waals surface area (Å²) in [5.74, 6) is 0.0237. The fraction of sp³-hybridized carbons (Fsp3) is 0.643. The van der Waals surface area contributed by atoms with E-state index in [0.29, 0.717) is 6.54 Å². The lowest BCUT2D eigenvalue weighted by Gasteiger charge is -2.07. The van der Waals surface area contributed by atoms with Crippen molar-refractivity contribution in [2.45, 2.75) is 52.2 Å². The molecule has 4 heteroatoms. The highest BCUT2D eigenvalue weighted by molar-refractivity contribution is 5.75. The second kappa shape index (κ2) is 7.93. The normalized spacial score (nSPS) is 12.4. The molecule has 102 valence electrons. The summed E-state index contributed by atoms with van der Waals surface area (Å²) < 4.78 is 1.81. The van der Waals surface area contributed by atoms with Crippen molar-refractivity contribution in [2.75, 3.05) is 6.54 Å². The van der Waals surface area contributed by atoms with E-state index in [1.54, 1.807) is 0 Å². The Morgan fingerprint density at radius 3 is 2.89 bits per heavy atom. The molecule has 0 saturated carbocycles. The Morgan fingerprint density at radius 1 is 1.44 bits per heavy atom. The Bertz CT molecular complexity index is 360. The van der Waals surface area contributed by atoms with Crippen LogP contribution in [-0.2, 0) is 11.3 Å². The van der Waals surface area contributed by atoms with Crippen LogP contribution in [0.15, 0.2) is 18.5 Å². The largest absolute Gasteiger partial charge is 0.388 e. The Labute approximate surface area is 109 Å². The highest BCUT2D eigenvalue weighted by Gasteiger charge is 2.09. The van der Waals surface area contributed by atoms with Crippen LogP contribution in [0.2, 0.25) is 0 Å². The molecule has 2 N–H and O–H groups in total. The Morgan fingerprint density at radius 2 is 2.22 bits per heavy atom. The molecule has 0 fully saturated rings. The molecule has 1 heterocycles. The monoisotopic (exact) mass is 252 g/mol. The molecule has 0 saturated heterocycles. The lowest BCUT2D eigenvalue weighted by molar-refractivity contribution is -0.121. The van der Waals surface area contributed by atoms with Crippen molar-refractivity contribution in [3.63, 3.8) is 0 Å². The number of aliphatic hydroxyl groups excluding tert-OH is 1. The highest BCUT2D eigenvalue weighted by atomic mass is 16.3. The van der Waals surface area contributed by atoms with Gasteiger partial charge in [0.05, 0.1) is 6.10 Å². The van der Waals surface area contributed by atoms with Crippen LogP contribution in [0.4, 0.5) is 0 Å². The van der Waals surface area contributed by atoms with Crippen LogP contribution in [0.3, 0.4) is 0 Å². The first kappa shape index (κ1) is 14.8. The van der Waals surface area contributed by atoms with Crippen molar-refractivity contribution in [1.82, 2.24) is 9.88 Å². The van der Waals surface area contributed by atoms with Gasteiger partial charge in [-0.25, -0.2) is 0 Å². The van der Waals surface area contributed by atoms with Gasteiger partial charge in [-0.05, 0) is 24.5 Å². The summed E-state index contributed by atoms with van der Waals surface area (Å²) in [6, 6.07) is 1.87. The number of hydrogen-bond donors (Lipinski definition) is 2. The molecule has 1 unspecified atom stereocenters. The van der Waals surface area contributed by atoms with Gasteiger partial charge in [0, 0.05) is 18.9 Å². The second-order valence-electron chi connectivity index (χ2n) is 4.63. The van der Waals surface area contributed by atoms with Crippen molar-refractivity contribution in [3.05, 3.63) is 24.0 Å². The number of carbonyl (C=O) groups excluding carboxylic acids is 1. The van der Waals surface area contributed by atoms with Gasteiger partial charge in [-0.15, -0.1) is 0 Å². The number of hydrogen-bond acceptors (Lipinski definition) is 2. The fourth-order valence-corrected chi connectivity index (χ4v) is 1.82. The van der Waals surface area contributed by atoms with E-state index in [9.17, 15) is 9.90 Å². The maximum absolute atomic E-state index is 11.6. The van der Waals surface area contributed by atoms with Gasteiger partial charge in [0.2, 0.25) is 5.91 Å². The molecule has 1 atom stereocenters. The molecule has 1 rings (SSSR count). The molecule has 0 aliphatic heterocycles. The molecule has 0 aliphatic rings. The molecule has 0 aromatic carbocycles. The Hall–Kier alpha value is -1.29. The van der Waals surface area contributed by atoms with Crippen LogP contribution in [0, 0.1) is 0 Å². The predicted molar refractivity (Wildman–Crippen MR) is 72.2 cm³/mol. The number of carbonyl (C=O) groups is 1. The van der Waals surface area contributed by atoms with Crippen molar-refractivity contribution in [2.24, 2.45) is 0 Å². The van der Waals surface area contributed by atoms with E-state index in [2.05, 4.69) is 12.2 Å². The van der Waals surface area contributed by atoms with Crippen LogP contribution in [0.25, 0.3) is 0 Å². The van der Waals surface area contributed by atoms with Crippen molar-refractivity contribution < 1.29 is 9.90 Å². The molecule has 4 nitrogen and oxygen atoms in total. The van der Waals surface area contributed by atoms with E-state index in [4.69, 9.17) is 0 Å². The predicted octanol–water partition coefficient (Wildman–Crippen LogP) is 2.24. The number of rotatable bonds is 8. The molecular weight excluding hydrogens is 228 g/mol. The SMILES string of the molecule is CCCCNC(=O)Cn1ccc(C(O)CCC)c1. The average Bonchev–Trinajstić information content (AvgIpc) is 2.78. The highest BCUT2D eigenvalue weighted by Crippen LogP contribution is 2.18. The van der Waals surface area contributed by atoms with E-state index in [1.807, 2.05) is 30.0 Å². The van der Waals surface area contributed by atoms with Gasteiger partial charge in [-0.1, -0.05) is 26.7 Å². The van der Waals surface area contributed by atoms with Crippen molar-refractivity contribution in [3.8, 4) is 0 Å². The fourth-order valence-electron chi connectivity index (χ4n) is 1.82. The molecule has 1 aromatic heterocycles. The summed E-state index contributed by atoms with van der Waals surface area (Å²) in [4.78, 5) is 11.6. The average molecular weight is 252 g/mol. The lowest BCUT2D eigenvalue weighted by Crippen LogP contribution is -2.27. The van der Waals surface area contributed by atoms with Crippen molar-refractivity contribution >= 4 is 5.91 Å². The maximum Gasteiger partial charge on any atom is 0.239 e. The summed E-state index contributed by atoms with van der Waals surface area (Å²) in [6.45, 7) is 5.20. The smallest absolute Gasteiger partial charge is 0.239 e. The number of aromatic nitrogens is 1. The third-order valence-electron chi connectivity index (χ3n) is 2.90. The molecule has 0 radical (unpaired) electrons. The van der Waals surface area contributed by atoms with Gasteiger partial charge < -0.3 is 15.0 Å². The summed E-state index contributed by atoms with van der Waals surface area (Å²) in [6.07, 6.45) is 7.07. The van der Waals surface area contributed by atoms with Gasteiger partial charge in [-0.3, -0.25) is 4.79 Å². The topological polar surface area (TPSA) is 54.3 Å². The van der Waals surface area contributed by atoms with Gasteiger partial charge in [0.1, 0.15) is 6.54 Å². The van der Waals surface area contributed by atoms with Crippen molar-refractivity contribution in [1.29, 1.82) is 0 Å². The first-order valence-corrected chi connectivity index (χ1v) is 6.77. The molecule has 0 bridgehead atoms. The third kappa shape index (κ3) is 4.92. The second-order valence-corrected chi connectivity index (χ2v) is 4.63. The van der Waals surface area contributed by atoms with E-state index < -0.39 is 6.10 Å². The first-order chi connectivity index (χ1) is 8.67. The number of unbranched alkanes of at least 4 members (excludes halogenated alkanes) is 1. The minimum Gasteiger partial charge on any atom is -0.388 e. The van der Waals surface area contributed by atoms with E-state index in [-0.39, 0.29) is 5.91 Å². The number of nitrogens with one attached hydrogen (secondary N) is 1. The number of amides is 1. The lowest BCUT2D eigenvalue weighted by atomic mass is 10.1. The summed E-state index contributed by atoms with van der Waals surface area (Å²) in [5.41, 5.74) is 0.887. The van der Waals surface area contributed by atoms with Crippen LogP contribution in [0.5, 0.6) is 0 Å². The van der Waals surface area contributed by atoms with E-state index >= 15 is 0 Å². The molecule has 1 amide bonds. The minimum absolute atomic E-state index is 0.0237. The molecule has 18 heavy (non-hydrogen) atoms. The quantitative estimate of drug-likeness (QED) is 0.697. The van der Waals surface area contributed by atoms with Gasteiger partial charge >= 0.3 is 0 Å². The van der Waals surface area contributed by atoms with Crippen LogP contribution >= 0.6 is 0 Å². The first-order valence-electron chi connectivity index (χ1n) is 6.77. The zero-order valence-corrected chi connectivity index (χ0v) is 11.4. The zero-order valence-electron chi connectivity index (χ0n) is 11.4. The Balaban J connectivity index is 2.41. The summed E-state index contributed by atoms with van der Waals surface area (Å²) in [5, 5.41) is 12.7. The molecule has 1 aromatic rings. The summed E-state index contributed by atoms with van der Waals surface area (Å²) >= 11 is 0. The molecule has 0 spiro atoms. The van der Waals surface area contributed by atoms with E-state index in [0.717, 1.165) is 37.8 Å². The zero-order chi connectivity index (χ0) is 13.4. The standard InChI is InChI=1S/C14H24N2O2/c1-3-5-8-15-14(18)11-16-9-7-12(10-16)13(17)6-4-2/h7,9-10,13,17H,3-6,8,11H2,1-2H3,(H,15,18). The maximum atomic E-state index is 11.6. The van der Waals surface area contributed by atoms with Crippen LogP contribution in [-0.4, -0.2) is 22.1 Å². The minimum atomic E-state index is -0.417. The van der Waals surface area contributed by atoms with Gasteiger partial charge in [-0.2, -0.15) is 0 Å². The number of nitrogens with zero attached hydrogens (tertiary/aromatic N) is 1. The molecular formula is C14H24N2O2. The summed E-state index contributed by atoms with van der Waals surface area (Å²) in [7, 11) is 0.